The third kappa shape index (κ3) is 4.76. The SMILES string of the molecule is CC(Cl)O[SiH2]Cl. The summed E-state index contributed by atoms with van der Waals surface area (Å²) in [6.45, 7) is 1.75. The maximum Gasteiger partial charge on any atom is 0.260 e. The average molecular weight is 145 g/mol. The smallest absolute Gasteiger partial charge is 0.260 e. The summed E-state index contributed by atoms with van der Waals surface area (Å²) in [5.41, 5.74) is -0.200. The number of hydrogen-bond acceptors (Lipinski definition) is 1. The van der Waals surface area contributed by atoms with Gasteiger partial charge in [0.1, 0.15) is 5.56 Å². The third-order valence-corrected chi connectivity index (χ3v) is 1.63. The van der Waals surface area contributed by atoms with Crippen molar-refractivity contribution in [1.29, 1.82) is 0 Å². The van der Waals surface area contributed by atoms with Gasteiger partial charge in [-0.05, 0) is 6.92 Å². The third-order valence-electron chi connectivity index (χ3n) is 0.293. The Bertz CT molecular complexity index is 32.7. The fraction of sp³-hybridized carbons (Fsp3) is 1.00. The van der Waals surface area contributed by atoms with Crippen LogP contribution in [0.4, 0.5) is 0 Å². The van der Waals surface area contributed by atoms with E-state index in [0.717, 1.165) is 0 Å². The van der Waals surface area contributed by atoms with Crippen molar-refractivity contribution in [2.45, 2.75) is 12.5 Å². The molecule has 0 saturated carbocycles. The molecule has 0 aromatic carbocycles. The molecule has 0 fully saturated rings. The summed E-state index contributed by atoms with van der Waals surface area (Å²) < 4.78 is 4.71. The Morgan fingerprint density at radius 2 is 2.33 bits per heavy atom. The fourth-order valence-corrected chi connectivity index (χ4v) is 1.21. The van der Waals surface area contributed by atoms with Crippen LogP contribution in [0, 0.1) is 0 Å². The van der Waals surface area contributed by atoms with E-state index >= 15 is 0 Å². The molecule has 0 aromatic rings. The first-order valence-electron chi connectivity index (χ1n) is 1.59. The van der Waals surface area contributed by atoms with Crippen LogP contribution in [-0.2, 0) is 4.43 Å². The molecule has 0 heterocycles. The number of alkyl halides is 1. The lowest BCUT2D eigenvalue weighted by Gasteiger charge is -1.96. The fourth-order valence-electron chi connectivity index (χ4n) is 0.0868. The zero-order valence-corrected chi connectivity index (χ0v) is 6.37. The quantitative estimate of drug-likeness (QED) is 0.317. The molecule has 0 N–H and O–H groups in total. The van der Waals surface area contributed by atoms with E-state index in [9.17, 15) is 0 Å². The Balaban J connectivity index is 2.63. The van der Waals surface area contributed by atoms with Crippen molar-refractivity contribution in [1.82, 2.24) is 0 Å². The lowest BCUT2D eigenvalue weighted by Crippen LogP contribution is -1.97. The molecule has 1 nitrogen and oxygen atoms in total. The van der Waals surface area contributed by atoms with E-state index < -0.39 is 9.07 Å². The lowest BCUT2D eigenvalue weighted by atomic mass is 10.9. The molecule has 1 unspecified atom stereocenters. The summed E-state index contributed by atoms with van der Waals surface area (Å²) in [5, 5.41) is 0. The summed E-state index contributed by atoms with van der Waals surface area (Å²) in [6, 6.07) is 0. The largest absolute Gasteiger partial charge is 0.392 e. The van der Waals surface area contributed by atoms with E-state index in [1.54, 1.807) is 6.92 Å². The van der Waals surface area contributed by atoms with Crippen molar-refractivity contribution in [2.75, 3.05) is 0 Å². The molecule has 0 radical (unpaired) electrons. The Kier molecular flexibility index (Phi) is 4.43. The van der Waals surface area contributed by atoms with Crippen LogP contribution in [-0.4, -0.2) is 14.6 Å². The van der Waals surface area contributed by atoms with Crippen molar-refractivity contribution in [3.05, 3.63) is 0 Å². The van der Waals surface area contributed by atoms with Gasteiger partial charge in [-0.1, -0.05) is 11.6 Å². The van der Waals surface area contributed by atoms with Gasteiger partial charge < -0.3 is 4.43 Å². The van der Waals surface area contributed by atoms with Gasteiger partial charge in [-0.2, -0.15) is 0 Å². The standard InChI is InChI=1S/C2H6Cl2OSi/c1-2(3)5-6-4/h2H,6H2,1H3. The minimum absolute atomic E-state index is 0.200. The Morgan fingerprint density at radius 1 is 1.83 bits per heavy atom. The van der Waals surface area contributed by atoms with Crippen molar-refractivity contribution in [3.8, 4) is 0 Å². The summed E-state index contributed by atoms with van der Waals surface area (Å²) >= 11 is 10.5. The zero-order chi connectivity index (χ0) is 4.99. The Morgan fingerprint density at radius 3 is 2.33 bits per heavy atom. The second-order valence-electron chi connectivity index (χ2n) is 0.819. The number of halogens is 2. The molecule has 0 aliphatic heterocycles. The van der Waals surface area contributed by atoms with E-state index in [-0.39, 0.29) is 5.56 Å². The Labute approximate surface area is 49.2 Å². The first-order valence-corrected chi connectivity index (χ1v) is 4.74. The van der Waals surface area contributed by atoms with Crippen LogP contribution >= 0.6 is 22.7 Å². The molecular weight excluding hydrogens is 139 g/mol. The second kappa shape index (κ2) is 3.93. The van der Waals surface area contributed by atoms with Gasteiger partial charge in [0, 0.05) is 0 Å². The van der Waals surface area contributed by atoms with E-state index in [2.05, 4.69) is 0 Å². The maximum absolute atomic E-state index is 5.31. The van der Waals surface area contributed by atoms with Crippen molar-refractivity contribution < 1.29 is 4.43 Å². The topological polar surface area (TPSA) is 9.23 Å². The molecule has 0 bridgehead atoms. The normalized spacial score (nSPS) is 16.5. The highest BCUT2D eigenvalue weighted by molar-refractivity contribution is 6.90. The first kappa shape index (κ1) is 6.76. The van der Waals surface area contributed by atoms with Gasteiger partial charge in [0.05, 0.1) is 0 Å². The Hall–Kier alpha value is 0.757. The molecule has 0 saturated heterocycles. The highest BCUT2D eigenvalue weighted by Gasteiger charge is 1.88. The summed E-state index contributed by atoms with van der Waals surface area (Å²) in [7, 11) is -0.793. The van der Waals surface area contributed by atoms with Gasteiger partial charge in [0.15, 0.2) is 0 Å². The summed E-state index contributed by atoms with van der Waals surface area (Å²) in [5.74, 6) is 0. The highest BCUT2D eigenvalue weighted by atomic mass is 35.6. The maximum atomic E-state index is 5.31. The van der Waals surface area contributed by atoms with E-state index in [0.29, 0.717) is 0 Å². The van der Waals surface area contributed by atoms with Gasteiger partial charge in [-0.3, -0.25) is 0 Å². The molecule has 0 aliphatic rings. The van der Waals surface area contributed by atoms with Crippen molar-refractivity contribution >= 4 is 31.8 Å². The molecule has 0 rings (SSSR count). The minimum atomic E-state index is -0.793. The van der Waals surface area contributed by atoms with Crippen LogP contribution in [0.2, 0.25) is 0 Å². The molecular formula is C2H6Cl2OSi. The van der Waals surface area contributed by atoms with Crippen LogP contribution in [0.25, 0.3) is 0 Å². The average Bonchev–Trinajstić information content (AvgIpc) is 1.35. The zero-order valence-electron chi connectivity index (χ0n) is 3.45. The lowest BCUT2D eigenvalue weighted by molar-refractivity contribution is 0.328. The van der Waals surface area contributed by atoms with Crippen LogP contribution < -0.4 is 0 Å². The first-order chi connectivity index (χ1) is 2.77. The van der Waals surface area contributed by atoms with Crippen molar-refractivity contribution in [2.24, 2.45) is 0 Å². The van der Waals surface area contributed by atoms with Gasteiger partial charge in [0.2, 0.25) is 0 Å². The van der Waals surface area contributed by atoms with Gasteiger partial charge >= 0.3 is 0 Å². The number of hydrogen-bond donors (Lipinski definition) is 0. The molecule has 0 aliphatic carbocycles. The van der Waals surface area contributed by atoms with Crippen LogP contribution in [0.1, 0.15) is 6.92 Å². The van der Waals surface area contributed by atoms with Gasteiger partial charge in [-0.15, -0.1) is 11.1 Å². The summed E-state index contributed by atoms with van der Waals surface area (Å²) in [4.78, 5) is 0. The van der Waals surface area contributed by atoms with Gasteiger partial charge in [-0.25, -0.2) is 0 Å². The van der Waals surface area contributed by atoms with Crippen LogP contribution in [0.3, 0.4) is 0 Å². The molecule has 1 atom stereocenters. The van der Waals surface area contributed by atoms with E-state index in [4.69, 9.17) is 27.1 Å². The van der Waals surface area contributed by atoms with E-state index in [1.165, 1.54) is 0 Å². The molecule has 0 amide bonds. The number of rotatable bonds is 2. The summed E-state index contributed by atoms with van der Waals surface area (Å²) in [6.07, 6.45) is 0. The van der Waals surface area contributed by atoms with E-state index in [1.807, 2.05) is 0 Å². The molecule has 4 heteroatoms. The predicted molar refractivity (Wildman–Crippen MR) is 30.8 cm³/mol. The van der Waals surface area contributed by atoms with Crippen molar-refractivity contribution in [3.63, 3.8) is 0 Å². The second-order valence-corrected chi connectivity index (χ2v) is 2.64. The molecule has 6 heavy (non-hydrogen) atoms. The monoisotopic (exact) mass is 144 g/mol. The molecule has 0 aromatic heterocycles. The molecule has 38 valence electrons. The molecule has 0 spiro atoms. The highest BCUT2D eigenvalue weighted by Crippen LogP contribution is 1.93. The van der Waals surface area contributed by atoms with Crippen LogP contribution in [0.5, 0.6) is 0 Å². The minimum Gasteiger partial charge on any atom is -0.392 e. The predicted octanol–water partition coefficient (Wildman–Crippen LogP) is 0.825. The van der Waals surface area contributed by atoms with Gasteiger partial charge in [0.25, 0.3) is 9.07 Å². The van der Waals surface area contributed by atoms with Crippen LogP contribution in [0.15, 0.2) is 0 Å².